The quantitative estimate of drug-likeness (QED) is 0.901. The van der Waals surface area contributed by atoms with Crippen molar-refractivity contribution in [1.29, 1.82) is 0 Å². The number of ether oxygens (including phenoxy) is 1. The first-order valence-electron chi connectivity index (χ1n) is 6.75. The SMILES string of the molecule is CC1CCCN(C(=O)Nc2ccc(OC(F)(F)F)cc2)C1. The van der Waals surface area contributed by atoms with Gasteiger partial charge in [0.1, 0.15) is 5.75 Å². The zero-order chi connectivity index (χ0) is 15.5. The Bertz CT molecular complexity index is 488. The van der Waals surface area contributed by atoms with Gasteiger partial charge in [0.2, 0.25) is 0 Å². The van der Waals surface area contributed by atoms with Gasteiger partial charge in [-0.3, -0.25) is 0 Å². The molecule has 21 heavy (non-hydrogen) atoms. The van der Waals surface area contributed by atoms with E-state index >= 15 is 0 Å². The van der Waals surface area contributed by atoms with Gasteiger partial charge < -0.3 is 15.0 Å². The zero-order valence-electron chi connectivity index (χ0n) is 11.6. The predicted molar refractivity (Wildman–Crippen MR) is 72.1 cm³/mol. The number of amides is 2. The highest BCUT2D eigenvalue weighted by atomic mass is 19.4. The van der Waals surface area contributed by atoms with Crippen molar-refractivity contribution in [2.24, 2.45) is 5.92 Å². The standard InChI is InChI=1S/C14H17F3N2O2/c1-10-3-2-8-19(9-10)13(20)18-11-4-6-12(7-5-11)21-14(15,16)17/h4-7,10H,2-3,8-9H2,1H3,(H,18,20). The highest BCUT2D eigenvalue weighted by molar-refractivity contribution is 5.89. The van der Waals surface area contributed by atoms with Gasteiger partial charge in [-0.2, -0.15) is 0 Å². The van der Waals surface area contributed by atoms with Gasteiger partial charge in [-0.15, -0.1) is 13.2 Å². The Balaban J connectivity index is 1.92. The number of nitrogens with zero attached hydrogens (tertiary/aromatic N) is 1. The van der Waals surface area contributed by atoms with Crippen molar-refractivity contribution in [3.8, 4) is 5.75 Å². The van der Waals surface area contributed by atoms with Crippen LogP contribution in [0, 0.1) is 5.92 Å². The van der Waals surface area contributed by atoms with Gasteiger partial charge in [0.15, 0.2) is 0 Å². The van der Waals surface area contributed by atoms with E-state index in [2.05, 4.69) is 17.0 Å². The molecule has 2 amide bonds. The number of anilines is 1. The highest BCUT2D eigenvalue weighted by Gasteiger charge is 2.31. The van der Waals surface area contributed by atoms with Crippen LogP contribution in [0.4, 0.5) is 23.7 Å². The number of rotatable bonds is 2. The van der Waals surface area contributed by atoms with E-state index in [0.717, 1.165) is 12.8 Å². The van der Waals surface area contributed by atoms with Crippen LogP contribution < -0.4 is 10.1 Å². The molecular formula is C14H17F3N2O2. The summed E-state index contributed by atoms with van der Waals surface area (Å²) in [5, 5.41) is 2.67. The molecule has 7 heteroatoms. The summed E-state index contributed by atoms with van der Waals surface area (Å²) >= 11 is 0. The first kappa shape index (κ1) is 15.5. The maximum Gasteiger partial charge on any atom is 0.573 e. The van der Waals surface area contributed by atoms with E-state index in [1.807, 2.05) is 0 Å². The number of nitrogens with one attached hydrogen (secondary N) is 1. The number of benzene rings is 1. The largest absolute Gasteiger partial charge is 0.573 e. The minimum atomic E-state index is -4.71. The van der Waals surface area contributed by atoms with E-state index in [1.165, 1.54) is 24.3 Å². The Morgan fingerprint density at radius 2 is 2.00 bits per heavy atom. The maximum absolute atomic E-state index is 12.0. The topological polar surface area (TPSA) is 41.6 Å². The fraction of sp³-hybridized carbons (Fsp3) is 0.500. The fourth-order valence-corrected chi connectivity index (χ4v) is 2.32. The minimum Gasteiger partial charge on any atom is -0.406 e. The lowest BCUT2D eigenvalue weighted by Crippen LogP contribution is -2.41. The highest BCUT2D eigenvalue weighted by Crippen LogP contribution is 2.24. The van der Waals surface area contributed by atoms with Crippen molar-refractivity contribution in [2.75, 3.05) is 18.4 Å². The average molecular weight is 302 g/mol. The molecule has 1 unspecified atom stereocenters. The van der Waals surface area contributed by atoms with Gasteiger partial charge in [0.25, 0.3) is 0 Å². The van der Waals surface area contributed by atoms with Gasteiger partial charge in [0, 0.05) is 18.8 Å². The number of halogens is 3. The summed E-state index contributed by atoms with van der Waals surface area (Å²) in [6, 6.07) is 4.87. The Morgan fingerprint density at radius 3 is 2.57 bits per heavy atom. The van der Waals surface area contributed by atoms with E-state index in [-0.39, 0.29) is 11.8 Å². The second-order valence-electron chi connectivity index (χ2n) is 5.20. The van der Waals surface area contributed by atoms with Crippen molar-refractivity contribution >= 4 is 11.7 Å². The van der Waals surface area contributed by atoms with Crippen LogP contribution in [0.15, 0.2) is 24.3 Å². The minimum absolute atomic E-state index is 0.231. The summed E-state index contributed by atoms with van der Waals surface area (Å²) < 4.78 is 39.9. The Labute approximate surface area is 120 Å². The molecule has 1 aliphatic rings. The number of carbonyl (C=O) groups excluding carboxylic acids is 1. The van der Waals surface area contributed by atoms with Crippen LogP contribution in [0.25, 0.3) is 0 Å². The molecule has 1 aromatic rings. The van der Waals surface area contributed by atoms with E-state index in [4.69, 9.17) is 0 Å². The van der Waals surface area contributed by atoms with Crippen molar-refractivity contribution in [3.05, 3.63) is 24.3 Å². The maximum atomic E-state index is 12.0. The van der Waals surface area contributed by atoms with Gasteiger partial charge in [-0.1, -0.05) is 6.92 Å². The third kappa shape index (κ3) is 4.84. The van der Waals surface area contributed by atoms with E-state index in [1.54, 1.807) is 4.90 Å². The van der Waals surface area contributed by atoms with Crippen LogP contribution in [0.5, 0.6) is 5.75 Å². The summed E-state index contributed by atoms with van der Waals surface area (Å²) in [7, 11) is 0. The van der Waals surface area contributed by atoms with Gasteiger partial charge in [-0.05, 0) is 43.0 Å². The third-order valence-electron chi connectivity index (χ3n) is 3.28. The number of alkyl halides is 3. The van der Waals surface area contributed by atoms with Crippen molar-refractivity contribution in [2.45, 2.75) is 26.1 Å². The van der Waals surface area contributed by atoms with Crippen molar-refractivity contribution in [3.63, 3.8) is 0 Å². The molecule has 0 saturated carbocycles. The molecule has 1 N–H and O–H groups in total. The van der Waals surface area contributed by atoms with Gasteiger partial charge in [0.05, 0.1) is 0 Å². The second kappa shape index (κ2) is 6.24. The predicted octanol–water partition coefficient (Wildman–Crippen LogP) is 3.85. The Morgan fingerprint density at radius 1 is 1.33 bits per heavy atom. The van der Waals surface area contributed by atoms with Crippen molar-refractivity contribution in [1.82, 2.24) is 4.90 Å². The monoisotopic (exact) mass is 302 g/mol. The molecule has 1 atom stereocenters. The summed E-state index contributed by atoms with van der Waals surface area (Å²) in [6.07, 6.45) is -2.64. The van der Waals surface area contributed by atoms with Gasteiger partial charge in [-0.25, -0.2) is 4.79 Å². The Hall–Kier alpha value is -1.92. The van der Waals surface area contributed by atoms with E-state index < -0.39 is 6.36 Å². The number of urea groups is 1. The molecule has 1 heterocycles. The van der Waals surface area contributed by atoms with Gasteiger partial charge >= 0.3 is 12.4 Å². The lowest BCUT2D eigenvalue weighted by atomic mass is 10.0. The zero-order valence-corrected chi connectivity index (χ0v) is 11.6. The summed E-state index contributed by atoms with van der Waals surface area (Å²) in [6.45, 7) is 3.48. The number of piperidine rings is 1. The molecule has 0 bridgehead atoms. The molecule has 1 saturated heterocycles. The molecule has 0 aliphatic carbocycles. The summed E-state index contributed by atoms with van der Waals surface area (Å²) in [5.41, 5.74) is 0.438. The molecule has 2 rings (SSSR count). The van der Waals surface area contributed by atoms with E-state index in [0.29, 0.717) is 24.7 Å². The second-order valence-corrected chi connectivity index (χ2v) is 5.20. The van der Waals surface area contributed by atoms with Crippen LogP contribution in [-0.2, 0) is 0 Å². The molecule has 1 aliphatic heterocycles. The number of likely N-dealkylation sites (tertiary alicyclic amines) is 1. The van der Waals surface area contributed by atoms with E-state index in [9.17, 15) is 18.0 Å². The molecule has 0 radical (unpaired) electrons. The first-order valence-corrected chi connectivity index (χ1v) is 6.75. The first-order chi connectivity index (χ1) is 9.83. The van der Waals surface area contributed by atoms with Crippen LogP contribution in [0.1, 0.15) is 19.8 Å². The van der Waals surface area contributed by atoms with Crippen molar-refractivity contribution < 1.29 is 22.7 Å². The molecule has 0 aromatic heterocycles. The smallest absolute Gasteiger partial charge is 0.406 e. The summed E-state index contributed by atoms with van der Waals surface area (Å²) in [4.78, 5) is 13.7. The molecule has 1 aromatic carbocycles. The lowest BCUT2D eigenvalue weighted by Gasteiger charge is -2.30. The fourth-order valence-electron chi connectivity index (χ4n) is 2.32. The lowest BCUT2D eigenvalue weighted by molar-refractivity contribution is -0.274. The van der Waals surface area contributed by atoms with Crippen LogP contribution in [-0.4, -0.2) is 30.4 Å². The molecular weight excluding hydrogens is 285 g/mol. The molecule has 1 fully saturated rings. The number of hydrogen-bond donors (Lipinski definition) is 1. The number of hydrogen-bond acceptors (Lipinski definition) is 2. The van der Waals surface area contributed by atoms with Crippen LogP contribution in [0.2, 0.25) is 0 Å². The van der Waals surface area contributed by atoms with Crippen LogP contribution >= 0.6 is 0 Å². The van der Waals surface area contributed by atoms with Crippen LogP contribution in [0.3, 0.4) is 0 Å². The Kier molecular flexibility index (Phi) is 4.59. The number of carbonyl (C=O) groups is 1. The molecule has 0 spiro atoms. The molecule has 4 nitrogen and oxygen atoms in total. The average Bonchev–Trinajstić information content (AvgIpc) is 2.39. The normalized spacial score (nSPS) is 19.2. The third-order valence-corrected chi connectivity index (χ3v) is 3.28. The molecule has 116 valence electrons. The summed E-state index contributed by atoms with van der Waals surface area (Å²) in [5.74, 6) is 0.152.